The highest BCUT2D eigenvalue weighted by Gasteiger charge is 2.46. The molecular weight excluding hydrogens is 479 g/mol. The largest absolute Gasteiger partial charge is 0.414 e. The molecule has 27 heavy (non-hydrogen) atoms. The Morgan fingerprint density at radius 3 is 2.59 bits per heavy atom. The summed E-state index contributed by atoms with van der Waals surface area (Å²) in [5.74, 6) is 0.369. The van der Waals surface area contributed by atoms with E-state index in [2.05, 4.69) is 66.4 Å². The van der Waals surface area contributed by atoms with Gasteiger partial charge in [-0.2, -0.15) is 0 Å². The number of aliphatic hydroxyl groups is 2. The number of nitrogens with two attached hydrogens (primary N) is 1. The van der Waals surface area contributed by atoms with Crippen LogP contribution in [0.25, 0.3) is 11.0 Å². The van der Waals surface area contributed by atoms with E-state index in [1.165, 1.54) is 6.33 Å². The van der Waals surface area contributed by atoms with Gasteiger partial charge in [-0.25, -0.2) is 9.97 Å². The van der Waals surface area contributed by atoms with Crippen molar-refractivity contribution in [2.75, 3.05) is 12.3 Å². The molecule has 4 atom stereocenters. The van der Waals surface area contributed by atoms with Crippen LogP contribution in [0.15, 0.2) is 12.5 Å². The lowest BCUT2D eigenvalue weighted by Crippen LogP contribution is -2.44. The number of hydrogen-bond acceptors (Lipinski definition) is 7. The third-order valence-electron chi connectivity index (χ3n) is 5.62. The minimum absolute atomic E-state index is 0.0514. The summed E-state index contributed by atoms with van der Waals surface area (Å²) in [5, 5.41) is 21.9. The minimum Gasteiger partial charge on any atom is -0.414 e. The Morgan fingerprint density at radius 2 is 1.96 bits per heavy atom. The number of ether oxygens (including phenoxy) is 1. The van der Waals surface area contributed by atoms with Gasteiger partial charge >= 0.3 is 0 Å². The van der Waals surface area contributed by atoms with Crippen LogP contribution in [0.1, 0.15) is 27.0 Å². The Balaban J connectivity index is 1.83. The molecule has 8 nitrogen and oxygen atoms in total. The Labute approximate surface area is 173 Å². The van der Waals surface area contributed by atoms with Crippen LogP contribution in [0, 0.1) is 3.57 Å². The molecule has 0 unspecified atom stereocenters. The predicted octanol–water partition coefficient (Wildman–Crippen LogP) is 2.26. The van der Waals surface area contributed by atoms with Crippen LogP contribution < -0.4 is 5.73 Å². The number of nitrogens with zero attached hydrogens (tertiary/aromatic N) is 3. The van der Waals surface area contributed by atoms with Gasteiger partial charge in [-0.3, -0.25) is 0 Å². The van der Waals surface area contributed by atoms with Crippen molar-refractivity contribution in [1.82, 2.24) is 14.5 Å². The zero-order valence-electron chi connectivity index (χ0n) is 16.2. The summed E-state index contributed by atoms with van der Waals surface area (Å²) in [5.41, 5.74) is 6.52. The van der Waals surface area contributed by atoms with Crippen LogP contribution in [0.5, 0.6) is 0 Å². The molecule has 4 N–H and O–H groups in total. The molecule has 10 heteroatoms. The molecule has 3 heterocycles. The lowest BCUT2D eigenvalue weighted by molar-refractivity contribution is -0.0489. The van der Waals surface area contributed by atoms with E-state index in [1.807, 2.05) is 0 Å². The number of nitrogen functional groups attached to an aromatic ring is 1. The molecule has 0 aromatic carbocycles. The zero-order valence-corrected chi connectivity index (χ0v) is 19.3. The monoisotopic (exact) mass is 506 g/mol. The van der Waals surface area contributed by atoms with E-state index in [1.54, 1.807) is 10.8 Å². The van der Waals surface area contributed by atoms with Gasteiger partial charge < -0.3 is 29.7 Å². The van der Waals surface area contributed by atoms with Crippen molar-refractivity contribution in [1.29, 1.82) is 0 Å². The van der Waals surface area contributed by atoms with Crippen LogP contribution in [0.3, 0.4) is 0 Å². The summed E-state index contributed by atoms with van der Waals surface area (Å²) in [6.45, 7) is 11.0. The van der Waals surface area contributed by atoms with Gasteiger partial charge in [0, 0.05) is 9.77 Å². The van der Waals surface area contributed by atoms with E-state index >= 15 is 0 Å². The lowest BCUT2D eigenvalue weighted by atomic mass is 10.1. The summed E-state index contributed by atoms with van der Waals surface area (Å²) in [4.78, 5) is 8.30. The smallest absolute Gasteiger partial charge is 0.192 e. The first-order valence-electron chi connectivity index (χ1n) is 8.86. The molecule has 0 radical (unpaired) electrons. The summed E-state index contributed by atoms with van der Waals surface area (Å²) < 4.78 is 14.7. The van der Waals surface area contributed by atoms with Crippen LogP contribution >= 0.6 is 22.6 Å². The van der Waals surface area contributed by atoms with Gasteiger partial charge in [0.05, 0.1) is 12.0 Å². The number of aliphatic hydroxyl groups excluding tert-OH is 2. The van der Waals surface area contributed by atoms with Crippen LogP contribution in [-0.4, -0.2) is 58.0 Å². The molecular formula is C17H27IN4O4Si. The van der Waals surface area contributed by atoms with Crippen LogP contribution in [-0.2, 0) is 9.16 Å². The second-order valence-corrected chi connectivity index (χ2v) is 14.4. The summed E-state index contributed by atoms with van der Waals surface area (Å²) in [7, 11) is -1.99. The first kappa shape index (κ1) is 20.9. The fraction of sp³-hybridized carbons (Fsp3) is 0.647. The van der Waals surface area contributed by atoms with Crippen molar-refractivity contribution in [2.45, 2.75) is 63.4 Å². The number of anilines is 1. The minimum atomic E-state index is -1.99. The van der Waals surface area contributed by atoms with Gasteiger partial charge in [-0.05, 0) is 40.7 Å². The Hall–Kier alpha value is -0.793. The van der Waals surface area contributed by atoms with Crippen molar-refractivity contribution < 1.29 is 19.4 Å². The van der Waals surface area contributed by atoms with Gasteiger partial charge in [0.15, 0.2) is 14.5 Å². The van der Waals surface area contributed by atoms with Gasteiger partial charge in [-0.15, -0.1) is 0 Å². The third-order valence-corrected chi connectivity index (χ3v) is 10.9. The maximum atomic E-state index is 10.6. The second kappa shape index (κ2) is 7.23. The van der Waals surface area contributed by atoms with Crippen LogP contribution in [0.4, 0.5) is 5.82 Å². The Morgan fingerprint density at radius 1 is 1.30 bits per heavy atom. The highest BCUT2D eigenvalue weighted by Crippen LogP contribution is 2.39. The van der Waals surface area contributed by atoms with E-state index in [4.69, 9.17) is 14.9 Å². The van der Waals surface area contributed by atoms with Crippen LogP contribution in [0.2, 0.25) is 18.1 Å². The fourth-order valence-corrected chi connectivity index (χ4v) is 4.69. The zero-order chi connectivity index (χ0) is 20.1. The molecule has 0 bridgehead atoms. The molecule has 0 saturated carbocycles. The maximum Gasteiger partial charge on any atom is 0.192 e. The highest BCUT2D eigenvalue weighted by molar-refractivity contribution is 14.1. The van der Waals surface area contributed by atoms with E-state index in [-0.39, 0.29) is 11.6 Å². The fourth-order valence-electron chi connectivity index (χ4n) is 2.86. The Kier molecular flexibility index (Phi) is 5.60. The predicted molar refractivity (Wildman–Crippen MR) is 114 cm³/mol. The number of hydrogen-bond donors (Lipinski definition) is 3. The number of rotatable bonds is 4. The van der Waals surface area contributed by atoms with Crippen molar-refractivity contribution in [3.63, 3.8) is 0 Å². The summed E-state index contributed by atoms with van der Waals surface area (Å²) in [6.07, 6.45) is -0.356. The molecule has 0 aliphatic carbocycles. The molecule has 1 aliphatic rings. The van der Waals surface area contributed by atoms with Gasteiger partial charge in [0.2, 0.25) is 0 Å². The molecule has 1 saturated heterocycles. The molecule has 1 fully saturated rings. The topological polar surface area (TPSA) is 116 Å². The molecule has 2 aromatic rings. The van der Waals surface area contributed by atoms with Crippen molar-refractivity contribution in [3.8, 4) is 0 Å². The molecule has 0 amide bonds. The van der Waals surface area contributed by atoms with Crippen molar-refractivity contribution >= 4 is 47.8 Å². The maximum absolute atomic E-state index is 10.6. The first-order chi connectivity index (χ1) is 12.4. The second-order valence-electron chi connectivity index (χ2n) is 8.46. The highest BCUT2D eigenvalue weighted by atomic mass is 127. The lowest BCUT2D eigenvalue weighted by Gasteiger charge is -2.37. The third kappa shape index (κ3) is 3.75. The van der Waals surface area contributed by atoms with Gasteiger partial charge in [0.1, 0.15) is 36.1 Å². The van der Waals surface area contributed by atoms with E-state index < -0.39 is 32.9 Å². The van der Waals surface area contributed by atoms with E-state index in [0.717, 1.165) is 3.57 Å². The first-order valence-corrected chi connectivity index (χ1v) is 12.8. The van der Waals surface area contributed by atoms with Gasteiger partial charge in [0.25, 0.3) is 0 Å². The van der Waals surface area contributed by atoms with E-state index in [0.29, 0.717) is 16.9 Å². The number of halogens is 1. The number of aromatic nitrogens is 3. The standard InChI is InChI=1S/C17H27IN4O4Si/c1-17(2,3)27(4,5)25-7-10-12(23)13(24)16(26-10)22-6-9(18)11-14(19)20-8-21-15(11)22/h6,8,10,12-13,16,23-24H,7H2,1-5H3,(H2,19,20,21)/t10-,12+,13+,16+/m0/s1. The average molecular weight is 506 g/mol. The molecule has 1 aliphatic heterocycles. The molecule has 2 aromatic heterocycles. The van der Waals surface area contributed by atoms with Crippen molar-refractivity contribution in [3.05, 3.63) is 16.1 Å². The molecule has 0 spiro atoms. The normalized spacial score (nSPS) is 26.8. The SMILES string of the molecule is CC(C)(C)[Si](C)(C)OC[C@@H]1O[C@@H](n2cc(I)c3c(N)ncnc32)[C@H](O)[C@@H]1O. The summed E-state index contributed by atoms with van der Waals surface area (Å²) >= 11 is 2.14. The molecule has 3 rings (SSSR count). The number of fused-ring (bicyclic) bond motifs is 1. The quantitative estimate of drug-likeness (QED) is 0.431. The average Bonchev–Trinajstić information content (AvgIpc) is 3.04. The van der Waals surface area contributed by atoms with E-state index in [9.17, 15) is 10.2 Å². The summed E-state index contributed by atoms with van der Waals surface area (Å²) in [6, 6.07) is 0. The van der Waals surface area contributed by atoms with Crippen molar-refractivity contribution in [2.24, 2.45) is 0 Å². The van der Waals surface area contributed by atoms with Gasteiger partial charge in [-0.1, -0.05) is 20.8 Å². The Bertz CT molecular complexity index is 838. The molecule has 150 valence electrons.